The Hall–Kier alpha value is -0.610. The molecule has 0 bridgehead atoms. The zero-order chi connectivity index (χ0) is 14.2. The number of aromatic hydroxyl groups is 2. The van der Waals surface area contributed by atoms with Crippen LogP contribution in [0.5, 0.6) is 11.5 Å². The lowest BCUT2D eigenvalue weighted by Gasteiger charge is -2.11. The maximum Gasteiger partial charge on any atom is 0.139 e. The van der Waals surface area contributed by atoms with Gasteiger partial charge in [-0.05, 0) is 29.8 Å². The van der Waals surface area contributed by atoms with Gasteiger partial charge in [0.05, 0.1) is 15.1 Å². The van der Waals surface area contributed by atoms with E-state index >= 15 is 0 Å². The van der Waals surface area contributed by atoms with E-state index < -0.39 is 0 Å². The molecule has 0 aliphatic rings. The second-order valence-electron chi connectivity index (χ2n) is 3.93. The molecule has 0 amide bonds. The zero-order valence-electron chi connectivity index (χ0n) is 9.42. The van der Waals surface area contributed by atoms with Crippen molar-refractivity contribution in [1.29, 1.82) is 0 Å². The van der Waals surface area contributed by atoms with Crippen LogP contribution in [-0.4, -0.2) is 10.2 Å². The van der Waals surface area contributed by atoms with Gasteiger partial charge in [-0.15, -0.1) is 0 Å². The molecule has 0 saturated heterocycles. The van der Waals surface area contributed by atoms with Gasteiger partial charge in [-0.2, -0.15) is 0 Å². The number of halogens is 4. The Labute approximate surface area is 133 Å². The number of phenolic OH excluding ortho intramolecular Hbond substituents is 2. The van der Waals surface area contributed by atoms with Crippen LogP contribution >= 0.6 is 50.7 Å². The molecule has 0 heterocycles. The molecule has 2 aromatic carbocycles. The first kappa shape index (κ1) is 14.8. The van der Waals surface area contributed by atoms with Gasteiger partial charge in [-0.1, -0.05) is 50.7 Å². The van der Waals surface area contributed by atoms with Crippen LogP contribution in [0.4, 0.5) is 0 Å². The van der Waals surface area contributed by atoms with Crippen LogP contribution in [0.1, 0.15) is 11.1 Å². The van der Waals surface area contributed by atoms with E-state index in [1.54, 1.807) is 18.2 Å². The van der Waals surface area contributed by atoms with Crippen LogP contribution in [-0.2, 0) is 6.42 Å². The minimum Gasteiger partial charge on any atom is -0.508 e. The number of hydrogen-bond donors (Lipinski definition) is 2. The van der Waals surface area contributed by atoms with Crippen molar-refractivity contribution in [3.63, 3.8) is 0 Å². The van der Waals surface area contributed by atoms with E-state index in [1.165, 1.54) is 6.07 Å². The molecule has 0 saturated carbocycles. The summed E-state index contributed by atoms with van der Waals surface area (Å²) in [5.74, 6) is -0.0230. The maximum absolute atomic E-state index is 9.96. The molecule has 2 rings (SSSR count). The van der Waals surface area contributed by atoms with Crippen LogP contribution in [0.15, 0.2) is 28.7 Å². The van der Waals surface area contributed by atoms with E-state index in [2.05, 4.69) is 15.9 Å². The lowest BCUT2D eigenvalue weighted by molar-refractivity contribution is 0.463. The maximum atomic E-state index is 9.96. The molecule has 0 aliphatic carbocycles. The van der Waals surface area contributed by atoms with E-state index in [0.29, 0.717) is 11.1 Å². The van der Waals surface area contributed by atoms with E-state index in [0.717, 1.165) is 4.47 Å². The monoisotopic (exact) mass is 380 g/mol. The summed E-state index contributed by atoms with van der Waals surface area (Å²) in [5, 5.41) is 20.4. The quantitative estimate of drug-likeness (QED) is 0.682. The van der Waals surface area contributed by atoms with Gasteiger partial charge in [0.25, 0.3) is 0 Å². The summed E-state index contributed by atoms with van der Waals surface area (Å²) in [4.78, 5) is 0. The molecule has 100 valence electrons. The van der Waals surface area contributed by atoms with Crippen molar-refractivity contribution in [2.24, 2.45) is 0 Å². The van der Waals surface area contributed by atoms with Gasteiger partial charge in [-0.25, -0.2) is 0 Å². The minimum absolute atomic E-state index is 0.106. The molecule has 0 fully saturated rings. The third-order valence-electron chi connectivity index (χ3n) is 2.65. The van der Waals surface area contributed by atoms with E-state index in [9.17, 15) is 10.2 Å². The highest BCUT2D eigenvalue weighted by molar-refractivity contribution is 9.10. The number of rotatable bonds is 2. The molecular formula is C13H8BrCl3O2. The van der Waals surface area contributed by atoms with Gasteiger partial charge in [0.15, 0.2) is 0 Å². The summed E-state index contributed by atoms with van der Waals surface area (Å²) in [6.07, 6.45) is 0.218. The van der Waals surface area contributed by atoms with E-state index in [4.69, 9.17) is 34.8 Å². The minimum atomic E-state index is -0.129. The fourth-order valence-corrected chi connectivity index (χ4v) is 2.80. The van der Waals surface area contributed by atoms with Crippen molar-refractivity contribution >= 4 is 50.7 Å². The van der Waals surface area contributed by atoms with Crippen LogP contribution < -0.4 is 0 Å². The molecule has 2 nitrogen and oxygen atoms in total. The lowest BCUT2D eigenvalue weighted by Crippen LogP contribution is -1.93. The normalized spacial score (nSPS) is 10.7. The second-order valence-corrected chi connectivity index (χ2v) is 6.04. The number of hydrogen-bond acceptors (Lipinski definition) is 2. The third-order valence-corrected chi connectivity index (χ3v) is 4.26. The SMILES string of the molecule is Oc1ccc(Br)cc1Cc1c(O)c(Cl)cc(Cl)c1Cl. The van der Waals surface area contributed by atoms with Crippen molar-refractivity contribution in [3.8, 4) is 11.5 Å². The Morgan fingerprint density at radius 1 is 1.00 bits per heavy atom. The fraction of sp³-hybridized carbons (Fsp3) is 0.0769. The molecule has 2 N–H and O–H groups in total. The topological polar surface area (TPSA) is 40.5 Å². The zero-order valence-corrected chi connectivity index (χ0v) is 13.3. The van der Waals surface area contributed by atoms with Gasteiger partial charge in [-0.3, -0.25) is 0 Å². The lowest BCUT2D eigenvalue weighted by atomic mass is 10.0. The Balaban J connectivity index is 2.52. The van der Waals surface area contributed by atoms with Gasteiger partial charge in [0.2, 0.25) is 0 Å². The third kappa shape index (κ3) is 3.11. The van der Waals surface area contributed by atoms with Gasteiger partial charge < -0.3 is 10.2 Å². The van der Waals surface area contributed by atoms with E-state index in [-0.39, 0.29) is 33.0 Å². The highest BCUT2D eigenvalue weighted by Crippen LogP contribution is 2.40. The van der Waals surface area contributed by atoms with Gasteiger partial charge in [0, 0.05) is 16.5 Å². The van der Waals surface area contributed by atoms with Gasteiger partial charge in [0.1, 0.15) is 11.5 Å². The Morgan fingerprint density at radius 3 is 2.37 bits per heavy atom. The molecule has 2 aromatic rings. The molecule has 0 spiro atoms. The van der Waals surface area contributed by atoms with Crippen molar-refractivity contribution in [2.75, 3.05) is 0 Å². The average molecular weight is 382 g/mol. The highest BCUT2D eigenvalue weighted by atomic mass is 79.9. The molecule has 19 heavy (non-hydrogen) atoms. The number of phenols is 2. The number of benzene rings is 2. The van der Waals surface area contributed by atoms with Gasteiger partial charge >= 0.3 is 0 Å². The summed E-state index contributed by atoms with van der Waals surface area (Å²) < 4.78 is 0.809. The largest absolute Gasteiger partial charge is 0.508 e. The average Bonchev–Trinajstić information content (AvgIpc) is 2.36. The summed E-state index contributed by atoms with van der Waals surface area (Å²) in [6.45, 7) is 0. The first-order chi connectivity index (χ1) is 8.90. The Morgan fingerprint density at radius 2 is 1.68 bits per heavy atom. The van der Waals surface area contributed by atoms with E-state index in [1.807, 2.05) is 0 Å². The molecule has 0 aliphatic heterocycles. The summed E-state index contributed by atoms with van der Waals surface area (Å²) in [6, 6.07) is 6.38. The molecule has 0 aromatic heterocycles. The van der Waals surface area contributed by atoms with Crippen molar-refractivity contribution in [3.05, 3.63) is 54.9 Å². The summed E-state index contributed by atoms with van der Waals surface area (Å²) in [7, 11) is 0. The van der Waals surface area contributed by atoms with Crippen LogP contribution in [0.2, 0.25) is 15.1 Å². The molecule has 0 atom stereocenters. The molecule has 0 unspecified atom stereocenters. The second kappa shape index (κ2) is 5.80. The predicted molar refractivity (Wildman–Crippen MR) is 81.7 cm³/mol. The Kier molecular flexibility index (Phi) is 4.51. The standard InChI is InChI=1S/C13H8BrCl3O2/c14-7-1-2-11(18)6(3-7)4-8-12(17)9(15)5-10(16)13(8)19/h1-3,5,18-19H,4H2. The fourth-order valence-electron chi connectivity index (χ4n) is 1.68. The summed E-state index contributed by atoms with van der Waals surface area (Å²) in [5.41, 5.74) is 0.984. The predicted octanol–water partition coefficient (Wildman–Crippen LogP) is 5.41. The molecule has 0 radical (unpaired) electrons. The highest BCUT2D eigenvalue weighted by Gasteiger charge is 2.16. The van der Waals surface area contributed by atoms with Crippen LogP contribution in [0.3, 0.4) is 0 Å². The van der Waals surface area contributed by atoms with Crippen molar-refractivity contribution in [1.82, 2.24) is 0 Å². The first-order valence-electron chi connectivity index (χ1n) is 5.23. The molecule has 6 heteroatoms. The first-order valence-corrected chi connectivity index (χ1v) is 7.15. The van der Waals surface area contributed by atoms with Crippen LogP contribution in [0, 0.1) is 0 Å². The Bertz CT molecular complexity index is 618. The molecular weight excluding hydrogens is 374 g/mol. The van der Waals surface area contributed by atoms with Crippen molar-refractivity contribution < 1.29 is 10.2 Å². The van der Waals surface area contributed by atoms with Crippen LogP contribution in [0.25, 0.3) is 0 Å². The van der Waals surface area contributed by atoms with Crippen molar-refractivity contribution in [2.45, 2.75) is 6.42 Å². The summed E-state index contributed by atoms with van der Waals surface area (Å²) >= 11 is 21.2. The smallest absolute Gasteiger partial charge is 0.139 e.